The van der Waals surface area contributed by atoms with Gasteiger partial charge in [-0.1, -0.05) is 12.1 Å². The molecule has 9 heteroatoms. The van der Waals surface area contributed by atoms with E-state index in [1.54, 1.807) is 7.11 Å². The number of halogens is 1. The first-order valence-electron chi connectivity index (χ1n) is 11.2. The first-order valence-corrected chi connectivity index (χ1v) is 11.2. The smallest absolute Gasteiger partial charge is 0.194 e. The fourth-order valence-electron chi connectivity index (χ4n) is 3.86. The maximum absolute atomic E-state index is 5.80. The number of rotatable bonds is 6. The zero-order chi connectivity index (χ0) is 22.2. The lowest BCUT2D eigenvalue weighted by Gasteiger charge is -2.37. The Balaban J connectivity index is 0.00000306. The van der Waals surface area contributed by atoms with Crippen LogP contribution in [-0.4, -0.2) is 81.6 Å². The maximum atomic E-state index is 5.80. The Labute approximate surface area is 206 Å². The summed E-state index contributed by atoms with van der Waals surface area (Å²) in [5.74, 6) is 2.81. The van der Waals surface area contributed by atoms with Crippen molar-refractivity contribution in [3.63, 3.8) is 0 Å². The van der Waals surface area contributed by atoms with Gasteiger partial charge < -0.3 is 29.3 Å². The predicted molar refractivity (Wildman–Crippen MR) is 136 cm³/mol. The maximum Gasteiger partial charge on any atom is 0.194 e. The number of hydrogen-bond donors (Lipinski definition) is 1. The Bertz CT molecular complexity index is 882. The van der Waals surface area contributed by atoms with E-state index in [0.717, 1.165) is 49.3 Å². The van der Waals surface area contributed by atoms with Crippen LogP contribution in [0.1, 0.15) is 11.1 Å². The number of pyridine rings is 1. The number of methoxy groups -OCH3 is 1. The predicted octanol–water partition coefficient (Wildman–Crippen LogP) is 2.66. The molecule has 3 heterocycles. The van der Waals surface area contributed by atoms with Crippen molar-refractivity contribution in [2.75, 3.05) is 64.6 Å². The van der Waals surface area contributed by atoms with Gasteiger partial charge in [-0.3, -0.25) is 0 Å². The minimum Gasteiger partial charge on any atom is -0.497 e. The van der Waals surface area contributed by atoms with E-state index in [2.05, 4.69) is 45.2 Å². The third-order valence-electron chi connectivity index (χ3n) is 5.75. The topological polar surface area (TPSA) is 71.5 Å². The van der Waals surface area contributed by atoms with Gasteiger partial charge in [0, 0.05) is 38.9 Å². The van der Waals surface area contributed by atoms with E-state index < -0.39 is 0 Å². The van der Waals surface area contributed by atoms with Crippen LogP contribution in [-0.2, 0) is 16.0 Å². The molecule has 1 N–H and O–H groups in total. The van der Waals surface area contributed by atoms with Crippen LogP contribution in [0.25, 0.3) is 0 Å². The average molecular weight is 520 g/mol. The number of nitrogens with one attached hydrogen (secondary N) is 1. The van der Waals surface area contributed by atoms with Crippen LogP contribution in [0, 0.1) is 6.92 Å². The average Bonchev–Trinajstić information content (AvgIpc) is 2.85. The summed E-state index contributed by atoms with van der Waals surface area (Å²) in [6.07, 6.45) is 1.93. The number of ether oxygens (including phenoxy) is 3. The molecule has 0 saturated carbocycles. The summed E-state index contributed by atoms with van der Waals surface area (Å²) in [5, 5.41) is 3.53. The van der Waals surface area contributed by atoms with Crippen molar-refractivity contribution in [2.24, 2.45) is 4.99 Å². The Morgan fingerprint density at radius 2 is 1.94 bits per heavy atom. The van der Waals surface area contributed by atoms with Gasteiger partial charge in [-0.15, -0.1) is 17.0 Å². The molecule has 1 aromatic carbocycles. The van der Waals surface area contributed by atoms with Gasteiger partial charge in [0.05, 0.1) is 39.6 Å². The lowest BCUT2D eigenvalue weighted by atomic mass is 10.2. The van der Waals surface area contributed by atoms with Crippen molar-refractivity contribution in [3.8, 4) is 5.75 Å². The van der Waals surface area contributed by atoms with Crippen molar-refractivity contribution < 1.29 is 14.2 Å². The molecule has 33 heavy (non-hydrogen) atoms. The monoisotopic (exact) mass is 519 g/mol. The SMILES string of the molecule is Br.COc1ccc(CN=C(NC[C@@H]2COCCO2)N2CCN(c3cc(C)ccn3)CC2)cc1. The second-order valence-electron chi connectivity index (χ2n) is 8.10. The number of nitrogens with zero attached hydrogens (tertiary/aromatic N) is 4. The van der Waals surface area contributed by atoms with Crippen LogP contribution < -0.4 is 15.0 Å². The molecule has 0 aliphatic carbocycles. The molecule has 2 aromatic rings. The first-order chi connectivity index (χ1) is 15.7. The zero-order valence-corrected chi connectivity index (χ0v) is 21.1. The fraction of sp³-hybridized carbons (Fsp3) is 0.500. The number of guanidine groups is 1. The Morgan fingerprint density at radius 3 is 2.61 bits per heavy atom. The van der Waals surface area contributed by atoms with E-state index in [0.29, 0.717) is 32.9 Å². The van der Waals surface area contributed by atoms with E-state index in [9.17, 15) is 0 Å². The number of benzene rings is 1. The summed E-state index contributed by atoms with van der Waals surface area (Å²) in [5.41, 5.74) is 2.38. The molecule has 0 radical (unpaired) electrons. The van der Waals surface area contributed by atoms with Crippen LogP contribution in [0.4, 0.5) is 5.82 Å². The van der Waals surface area contributed by atoms with E-state index in [1.165, 1.54) is 5.56 Å². The summed E-state index contributed by atoms with van der Waals surface area (Å²) in [4.78, 5) is 14.1. The van der Waals surface area contributed by atoms with Crippen LogP contribution in [0.15, 0.2) is 47.6 Å². The van der Waals surface area contributed by atoms with E-state index >= 15 is 0 Å². The molecule has 180 valence electrons. The molecular weight excluding hydrogens is 486 g/mol. The number of anilines is 1. The lowest BCUT2D eigenvalue weighted by Crippen LogP contribution is -2.54. The summed E-state index contributed by atoms with van der Waals surface area (Å²) in [6, 6.07) is 12.2. The second kappa shape index (κ2) is 12.8. The summed E-state index contributed by atoms with van der Waals surface area (Å²) in [6.45, 7) is 8.90. The zero-order valence-electron chi connectivity index (χ0n) is 19.4. The van der Waals surface area contributed by atoms with Gasteiger partial charge in [-0.25, -0.2) is 9.98 Å². The van der Waals surface area contributed by atoms with Crippen molar-refractivity contribution in [2.45, 2.75) is 19.6 Å². The summed E-state index contributed by atoms with van der Waals surface area (Å²) < 4.78 is 16.6. The number of hydrogen-bond acceptors (Lipinski definition) is 6. The van der Waals surface area contributed by atoms with Crippen molar-refractivity contribution in [3.05, 3.63) is 53.7 Å². The molecule has 2 saturated heterocycles. The highest BCUT2D eigenvalue weighted by molar-refractivity contribution is 8.93. The Kier molecular flexibility index (Phi) is 9.77. The standard InChI is InChI=1S/C24H33N5O3.BrH/c1-19-7-8-25-23(15-19)28-9-11-29(12-10-28)24(27-17-22-18-31-13-14-32-22)26-16-20-3-5-21(30-2)6-4-20;/h3-8,15,22H,9-14,16-18H2,1-2H3,(H,26,27);1H/t22-;/m1./s1. The van der Waals surface area contributed by atoms with Crippen LogP contribution >= 0.6 is 17.0 Å². The number of aryl methyl sites for hydroxylation is 1. The molecule has 8 nitrogen and oxygen atoms in total. The Morgan fingerprint density at radius 1 is 1.15 bits per heavy atom. The minimum atomic E-state index is 0. The fourth-order valence-corrected chi connectivity index (χ4v) is 3.86. The van der Waals surface area contributed by atoms with Gasteiger partial charge in [0.25, 0.3) is 0 Å². The highest BCUT2D eigenvalue weighted by Gasteiger charge is 2.22. The van der Waals surface area contributed by atoms with E-state index in [-0.39, 0.29) is 23.1 Å². The molecule has 1 atom stereocenters. The van der Waals surface area contributed by atoms with Gasteiger partial charge in [-0.2, -0.15) is 0 Å². The molecule has 1 aromatic heterocycles. The molecule has 2 aliphatic heterocycles. The summed E-state index contributed by atoms with van der Waals surface area (Å²) in [7, 11) is 1.68. The highest BCUT2D eigenvalue weighted by atomic mass is 79.9. The number of piperazine rings is 1. The third kappa shape index (κ3) is 7.31. The lowest BCUT2D eigenvalue weighted by molar-refractivity contribution is -0.0851. The second-order valence-corrected chi connectivity index (χ2v) is 8.10. The Hall–Kier alpha value is -2.36. The molecule has 0 spiro atoms. The van der Waals surface area contributed by atoms with Crippen LogP contribution in [0.3, 0.4) is 0 Å². The van der Waals surface area contributed by atoms with Crippen molar-refractivity contribution in [1.82, 2.24) is 15.2 Å². The first kappa shape index (κ1) is 25.3. The normalized spacial score (nSPS) is 19.1. The molecule has 0 unspecified atom stereocenters. The molecule has 2 aliphatic rings. The van der Waals surface area contributed by atoms with Crippen molar-refractivity contribution >= 4 is 28.8 Å². The molecular formula is C24H34BrN5O3. The largest absolute Gasteiger partial charge is 0.497 e. The van der Waals surface area contributed by atoms with Gasteiger partial charge in [-0.05, 0) is 42.3 Å². The van der Waals surface area contributed by atoms with Crippen molar-refractivity contribution in [1.29, 1.82) is 0 Å². The highest BCUT2D eigenvalue weighted by Crippen LogP contribution is 2.16. The molecule has 4 rings (SSSR count). The van der Waals surface area contributed by atoms with Gasteiger partial charge in [0.1, 0.15) is 11.6 Å². The molecule has 0 bridgehead atoms. The number of aliphatic imine (C=N–C) groups is 1. The number of aromatic nitrogens is 1. The third-order valence-corrected chi connectivity index (χ3v) is 5.75. The van der Waals surface area contributed by atoms with Gasteiger partial charge in [0.2, 0.25) is 0 Å². The van der Waals surface area contributed by atoms with E-state index in [4.69, 9.17) is 19.2 Å². The quantitative estimate of drug-likeness (QED) is 0.464. The van der Waals surface area contributed by atoms with E-state index in [1.807, 2.05) is 24.4 Å². The van der Waals surface area contributed by atoms with Gasteiger partial charge >= 0.3 is 0 Å². The van der Waals surface area contributed by atoms with Gasteiger partial charge in [0.15, 0.2) is 5.96 Å². The molecule has 0 amide bonds. The minimum absolute atomic E-state index is 0. The molecule has 2 fully saturated rings. The van der Waals surface area contributed by atoms with Crippen LogP contribution in [0.2, 0.25) is 0 Å². The summed E-state index contributed by atoms with van der Waals surface area (Å²) >= 11 is 0. The van der Waals surface area contributed by atoms with Crippen LogP contribution in [0.5, 0.6) is 5.75 Å².